The van der Waals surface area contributed by atoms with Crippen molar-refractivity contribution in [2.24, 2.45) is 0 Å². The molecule has 0 aromatic heterocycles. The molecule has 0 saturated heterocycles. The minimum Gasteiger partial charge on any atom is -0.206 e. The van der Waals surface area contributed by atoms with Gasteiger partial charge in [0.2, 0.25) is 0 Å². The summed E-state index contributed by atoms with van der Waals surface area (Å²) in [6.45, 7) is 7.92. The Bertz CT molecular complexity index is 396. The van der Waals surface area contributed by atoms with Gasteiger partial charge in [0, 0.05) is 5.56 Å². The van der Waals surface area contributed by atoms with Gasteiger partial charge in [-0.05, 0) is 30.3 Å². The average Bonchev–Trinajstić information content (AvgIpc) is 2.23. The number of rotatable bonds is 2. The third kappa shape index (κ3) is 1.85. The smallest absolute Gasteiger partial charge is 0.164 e. The quantitative estimate of drug-likeness (QED) is 0.533. The Labute approximate surface area is 95.1 Å². The van der Waals surface area contributed by atoms with Crippen molar-refractivity contribution in [2.45, 2.75) is 39.8 Å². The Kier molecular flexibility index (Phi) is 3.41. The molecule has 0 atom stereocenters. The third-order valence-corrected chi connectivity index (χ3v) is 3.14. The van der Waals surface area contributed by atoms with Crippen molar-refractivity contribution >= 4 is 7.28 Å². The Balaban J connectivity index is 3.65. The summed E-state index contributed by atoms with van der Waals surface area (Å²) in [6, 6.07) is 0. The molecule has 16 heavy (non-hydrogen) atoms. The van der Waals surface area contributed by atoms with E-state index in [1.165, 1.54) is 13.8 Å². The average molecular weight is 227 g/mol. The standard InChI is InChI=1S/C12H15BF3/c1-6-8(12(3,4)13-5)11(16)10(15)7(2)9(6)14/h1-5H3. The van der Waals surface area contributed by atoms with Crippen molar-refractivity contribution in [3.8, 4) is 0 Å². The molecule has 0 spiro atoms. The fourth-order valence-corrected chi connectivity index (χ4v) is 1.84. The second-order valence-corrected chi connectivity index (χ2v) is 4.58. The molecule has 0 aliphatic carbocycles. The molecule has 0 saturated carbocycles. The van der Waals surface area contributed by atoms with E-state index in [1.807, 2.05) is 0 Å². The van der Waals surface area contributed by atoms with E-state index in [2.05, 4.69) is 0 Å². The van der Waals surface area contributed by atoms with E-state index in [1.54, 1.807) is 28.0 Å². The maximum atomic E-state index is 13.8. The molecule has 0 bridgehead atoms. The lowest BCUT2D eigenvalue weighted by Crippen LogP contribution is -2.27. The van der Waals surface area contributed by atoms with Crippen LogP contribution in [0.15, 0.2) is 0 Å². The minimum absolute atomic E-state index is 0.0931. The highest BCUT2D eigenvalue weighted by Crippen LogP contribution is 2.32. The molecule has 4 heteroatoms. The first-order chi connectivity index (χ1) is 7.24. The first-order valence-corrected chi connectivity index (χ1v) is 5.18. The van der Waals surface area contributed by atoms with E-state index in [0.29, 0.717) is 0 Å². The van der Waals surface area contributed by atoms with Crippen LogP contribution in [0, 0.1) is 31.3 Å². The van der Waals surface area contributed by atoms with Gasteiger partial charge in [-0.2, -0.15) is 0 Å². The fourth-order valence-electron chi connectivity index (χ4n) is 1.84. The fraction of sp³-hybridized carbons (Fsp3) is 0.500. The molecule has 87 valence electrons. The van der Waals surface area contributed by atoms with Gasteiger partial charge in [-0.1, -0.05) is 20.7 Å². The van der Waals surface area contributed by atoms with Crippen LogP contribution in [0.2, 0.25) is 6.82 Å². The van der Waals surface area contributed by atoms with E-state index >= 15 is 0 Å². The Morgan fingerprint density at radius 1 is 0.875 bits per heavy atom. The van der Waals surface area contributed by atoms with Crippen LogP contribution in [0.5, 0.6) is 0 Å². The van der Waals surface area contributed by atoms with Gasteiger partial charge in [0.1, 0.15) is 13.1 Å². The molecule has 1 aromatic carbocycles. The molecular formula is C12H15BF3. The zero-order valence-corrected chi connectivity index (χ0v) is 10.2. The molecule has 1 rings (SSSR count). The summed E-state index contributed by atoms with van der Waals surface area (Å²) >= 11 is 0. The highest BCUT2D eigenvalue weighted by molar-refractivity contribution is 6.38. The first kappa shape index (κ1) is 13.1. The molecule has 0 nitrogen and oxygen atoms in total. The monoisotopic (exact) mass is 227 g/mol. The maximum Gasteiger partial charge on any atom is 0.164 e. The SMILES string of the molecule is C[B]C(C)(C)c1c(C)c(F)c(C)c(F)c1F. The summed E-state index contributed by atoms with van der Waals surface area (Å²) < 4.78 is 41.0. The highest BCUT2D eigenvalue weighted by atomic mass is 19.2. The summed E-state index contributed by atoms with van der Waals surface area (Å²) in [7, 11) is 1.73. The highest BCUT2D eigenvalue weighted by Gasteiger charge is 2.30. The van der Waals surface area contributed by atoms with Crippen LogP contribution in [0.4, 0.5) is 13.2 Å². The van der Waals surface area contributed by atoms with Gasteiger partial charge >= 0.3 is 0 Å². The lowest BCUT2D eigenvalue weighted by atomic mass is 9.52. The van der Waals surface area contributed by atoms with Gasteiger partial charge in [-0.25, -0.2) is 13.2 Å². The van der Waals surface area contributed by atoms with Crippen molar-refractivity contribution < 1.29 is 13.2 Å². The normalized spacial score (nSPS) is 11.8. The lowest BCUT2D eigenvalue weighted by Gasteiger charge is -2.26. The Morgan fingerprint density at radius 3 is 1.81 bits per heavy atom. The topological polar surface area (TPSA) is 0 Å². The van der Waals surface area contributed by atoms with Crippen LogP contribution < -0.4 is 0 Å². The Hall–Kier alpha value is -0.925. The van der Waals surface area contributed by atoms with Crippen LogP contribution in [0.25, 0.3) is 0 Å². The minimum atomic E-state index is -1.09. The number of hydrogen-bond donors (Lipinski definition) is 0. The van der Waals surface area contributed by atoms with Gasteiger partial charge < -0.3 is 0 Å². The van der Waals surface area contributed by atoms with Gasteiger partial charge in [0.25, 0.3) is 0 Å². The summed E-state index contributed by atoms with van der Waals surface area (Å²) in [5, 5.41) is -0.691. The van der Waals surface area contributed by atoms with Gasteiger partial charge in [-0.15, -0.1) is 0 Å². The van der Waals surface area contributed by atoms with E-state index in [0.717, 1.165) is 0 Å². The van der Waals surface area contributed by atoms with E-state index in [-0.39, 0.29) is 16.7 Å². The number of halogens is 3. The summed E-state index contributed by atoms with van der Waals surface area (Å²) in [5.41, 5.74) is 0.0146. The predicted octanol–water partition coefficient (Wildman–Crippen LogP) is 3.71. The van der Waals surface area contributed by atoms with Crippen LogP contribution in [-0.2, 0) is 5.31 Å². The summed E-state index contributed by atoms with van der Waals surface area (Å²) in [6.07, 6.45) is 0. The van der Waals surface area contributed by atoms with Crippen LogP contribution in [0.3, 0.4) is 0 Å². The molecule has 0 aliphatic rings. The zero-order chi connectivity index (χ0) is 12.7. The van der Waals surface area contributed by atoms with Crippen LogP contribution >= 0.6 is 0 Å². The van der Waals surface area contributed by atoms with E-state index in [4.69, 9.17) is 0 Å². The maximum absolute atomic E-state index is 13.8. The predicted molar refractivity (Wildman–Crippen MR) is 60.4 cm³/mol. The molecule has 0 N–H and O–H groups in total. The lowest BCUT2D eigenvalue weighted by molar-refractivity contribution is 0.461. The number of benzene rings is 1. The largest absolute Gasteiger partial charge is 0.206 e. The molecule has 1 radical (unpaired) electrons. The van der Waals surface area contributed by atoms with Crippen molar-refractivity contribution in [3.05, 3.63) is 34.1 Å². The zero-order valence-electron chi connectivity index (χ0n) is 10.2. The number of hydrogen-bond acceptors (Lipinski definition) is 0. The molecule has 1 aromatic rings. The first-order valence-electron chi connectivity index (χ1n) is 5.18. The van der Waals surface area contributed by atoms with Crippen molar-refractivity contribution in [3.63, 3.8) is 0 Å². The second kappa shape index (κ2) is 4.15. The molecule has 0 heterocycles. The molecule has 0 amide bonds. The van der Waals surface area contributed by atoms with Crippen LogP contribution in [-0.4, -0.2) is 7.28 Å². The molecule has 0 aliphatic heterocycles. The van der Waals surface area contributed by atoms with Gasteiger partial charge in [0.05, 0.1) is 0 Å². The van der Waals surface area contributed by atoms with E-state index in [9.17, 15) is 13.2 Å². The van der Waals surface area contributed by atoms with Crippen molar-refractivity contribution in [2.75, 3.05) is 0 Å². The van der Waals surface area contributed by atoms with Crippen molar-refractivity contribution in [1.82, 2.24) is 0 Å². The summed E-state index contributed by atoms with van der Waals surface area (Å²) in [5.74, 6) is -2.70. The van der Waals surface area contributed by atoms with Gasteiger partial charge in [-0.3, -0.25) is 0 Å². The molecule has 0 unspecified atom stereocenters. The molecule has 0 fully saturated rings. The third-order valence-electron chi connectivity index (χ3n) is 3.14. The van der Waals surface area contributed by atoms with E-state index < -0.39 is 22.8 Å². The van der Waals surface area contributed by atoms with Gasteiger partial charge in [0.15, 0.2) is 11.6 Å². The van der Waals surface area contributed by atoms with Crippen LogP contribution in [0.1, 0.15) is 30.5 Å². The molecular weight excluding hydrogens is 212 g/mol. The Morgan fingerprint density at radius 2 is 1.38 bits per heavy atom. The summed E-state index contributed by atoms with van der Waals surface area (Å²) in [4.78, 5) is 0. The second-order valence-electron chi connectivity index (χ2n) is 4.58. The van der Waals surface area contributed by atoms with Crippen molar-refractivity contribution in [1.29, 1.82) is 0 Å².